The van der Waals surface area contributed by atoms with Gasteiger partial charge in [-0.3, -0.25) is 4.79 Å². The predicted molar refractivity (Wildman–Crippen MR) is 78.3 cm³/mol. The molecule has 2 atom stereocenters. The van der Waals surface area contributed by atoms with Gasteiger partial charge < -0.3 is 10.6 Å². The molecule has 1 aliphatic rings. The molecule has 3 nitrogen and oxygen atoms in total. The summed E-state index contributed by atoms with van der Waals surface area (Å²) in [6.07, 6.45) is 3.89. The van der Waals surface area contributed by atoms with E-state index in [1.165, 1.54) is 4.90 Å². The van der Waals surface area contributed by atoms with Crippen LogP contribution in [0.1, 0.15) is 36.0 Å². The van der Waals surface area contributed by atoms with Gasteiger partial charge in [-0.1, -0.05) is 24.4 Å². The molecule has 1 amide bonds. The van der Waals surface area contributed by atoms with Crippen molar-refractivity contribution in [1.82, 2.24) is 4.90 Å². The van der Waals surface area contributed by atoms with Gasteiger partial charge in [-0.15, -0.1) is 0 Å². The maximum absolute atomic E-state index is 13.9. The van der Waals surface area contributed by atoms with Crippen molar-refractivity contribution in [3.63, 3.8) is 0 Å². The van der Waals surface area contributed by atoms with Crippen molar-refractivity contribution in [2.75, 3.05) is 13.6 Å². The predicted octanol–water partition coefficient (Wildman–Crippen LogP) is 3.21. The molecule has 2 rings (SSSR count). The number of benzene rings is 1. The summed E-state index contributed by atoms with van der Waals surface area (Å²) in [5.41, 5.74) is 5.46. The molecule has 0 aromatic heterocycles. The maximum Gasteiger partial charge on any atom is 0.256 e. The minimum Gasteiger partial charge on any atom is -0.338 e. The van der Waals surface area contributed by atoms with Gasteiger partial charge in [0.1, 0.15) is 11.6 Å². The number of rotatable bonds is 3. The van der Waals surface area contributed by atoms with Crippen LogP contribution in [0, 0.1) is 17.6 Å². The summed E-state index contributed by atoms with van der Waals surface area (Å²) >= 11 is 5.51. The number of carbonyl (C=O) groups excluding carboxylic acids is 1. The Kier molecular flexibility index (Phi) is 5.17. The van der Waals surface area contributed by atoms with E-state index in [0.29, 0.717) is 6.54 Å². The van der Waals surface area contributed by atoms with Crippen LogP contribution in [0.15, 0.2) is 12.1 Å². The lowest BCUT2D eigenvalue weighted by molar-refractivity contribution is 0.0615. The number of nitrogens with two attached hydrogens (primary N) is 1. The van der Waals surface area contributed by atoms with Crippen LogP contribution in [0.5, 0.6) is 0 Å². The van der Waals surface area contributed by atoms with Gasteiger partial charge in [0.05, 0.1) is 10.6 Å². The van der Waals surface area contributed by atoms with E-state index >= 15 is 0 Å². The normalized spacial score (nSPS) is 22.1. The molecule has 0 aliphatic heterocycles. The summed E-state index contributed by atoms with van der Waals surface area (Å²) in [6, 6.07) is 1.66. The Labute approximate surface area is 128 Å². The minimum atomic E-state index is -0.807. The van der Waals surface area contributed by atoms with Crippen LogP contribution in [0.2, 0.25) is 5.02 Å². The topological polar surface area (TPSA) is 46.3 Å². The van der Waals surface area contributed by atoms with Gasteiger partial charge in [0.15, 0.2) is 0 Å². The second-order valence-corrected chi connectivity index (χ2v) is 5.92. The molecule has 1 aromatic carbocycles. The van der Waals surface area contributed by atoms with Gasteiger partial charge >= 0.3 is 0 Å². The molecule has 2 unspecified atom stereocenters. The number of amides is 1. The molecule has 1 saturated carbocycles. The van der Waals surface area contributed by atoms with Gasteiger partial charge in [-0.05, 0) is 37.4 Å². The zero-order valence-corrected chi connectivity index (χ0v) is 12.7. The van der Waals surface area contributed by atoms with Crippen LogP contribution in [-0.2, 0) is 0 Å². The van der Waals surface area contributed by atoms with Crippen LogP contribution >= 0.6 is 11.6 Å². The first-order valence-electron chi connectivity index (χ1n) is 7.07. The Morgan fingerprint density at radius 1 is 1.33 bits per heavy atom. The molecule has 2 N–H and O–H groups in total. The van der Waals surface area contributed by atoms with Crippen molar-refractivity contribution in [3.8, 4) is 0 Å². The minimum absolute atomic E-state index is 0.0330. The Morgan fingerprint density at radius 2 is 2.00 bits per heavy atom. The highest BCUT2D eigenvalue weighted by Gasteiger charge is 2.31. The summed E-state index contributed by atoms with van der Waals surface area (Å²) in [5, 5.41) is -0.329. The Morgan fingerprint density at radius 3 is 2.67 bits per heavy atom. The summed E-state index contributed by atoms with van der Waals surface area (Å²) in [5.74, 6) is -1.94. The van der Waals surface area contributed by atoms with E-state index in [1.54, 1.807) is 7.05 Å². The van der Waals surface area contributed by atoms with E-state index in [0.717, 1.165) is 37.8 Å². The molecular formula is C15H19ClF2N2O. The van der Waals surface area contributed by atoms with Gasteiger partial charge in [-0.2, -0.15) is 0 Å². The molecule has 0 saturated heterocycles. The van der Waals surface area contributed by atoms with Gasteiger partial charge in [-0.25, -0.2) is 8.78 Å². The fraction of sp³-hybridized carbons (Fsp3) is 0.533. The molecule has 0 heterocycles. The lowest BCUT2D eigenvalue weighted by atomic mass is 9.83. The van der Waals surface area contributed by atoms with E-state index in [-0.39, 0.29) is 22.5 Å². The first-order valence-corrected chi connectivity index (χ1v) is 7.45. The molecule has 1 aliphatic carbocycles. The fourth-order valence-corrected chi connectivity index (χ4v) is 3.15. The quantitative estimate of drug-likeness (QED) is 0.870. The van der Waals surface area contributed by atoms with Crippen molar-refractivity contribution in [1.29, 1.82) is 0 Å². The average Bonchev–Trinajstić information content (AvgIpc) is 2.49. The summed E-state index contributed by atoms with van der Waals surface area (Å²) in [4.78, 5) is 13.9. The largest absolute Gasteiger partial charge is 0.338 e. The Bertz CT molecular complexity index is 539. The van der Waals surface area contributed by atoms with Gasteiger partial charge in [0.2, 0.25) is 0 Å². The summed E-state index contributed by atoms with van der Waals surface area (Å²) in [7, 11) is 1.62. The van der Waals surface area contributed by atoms with E-state index in [4.69, 9.17) is 17.3 Å². The lowest BCUT2D eigenvalue weighted by Crippen LogP contribution is -2.46. The molecule has 6 heteroatoms. The molecule has 0 spiro atoms. The highest BCUT2D eigenvalue weighted by atomic mass is 35.5. The SMILES string of the molecule is CN(C(=O)c1cc(F)c(Cl)cc1F)C1CCCCC1CN. The molecule has 0 bridgehead atoms. The number of halogens is 3. The van der Waals surface area contributed by atoms with Gasteiger partial charge in [0.25, 0.3) is 5.91 Å². The van der Waals surface area contributed by atoms with Crippen LogP contribution in [0.25, 0.3) is 0 Å². The number of hydrogen-bond acceptors (Lipinski definition) is 2. The van der Waals surface area contributed by atoms with E-state index < -0.39 is 17.5 Å². The van der Waals surface area contributed by atoms with Crippen molar-refractivity contribution in [2.45, 2.75) is 31.7 Å². The lowest BCUT2D eigenvalue weighted by Gasteiger charge is -2.37. The monoisotopic (exact) mass is 316 g/mol. The Hall–Kier alpha value is -1.20. The first kappa shape index (κ1) is 16.2. The van der Waals surface area contributed by atoms with E-state index in [2.05, 4.69) is 0 Å². The van der Waals surface area contributed by atoms with Crippen molar-refractivity contribution in [3.05, 3.63) is 34.4 Å². The van der Waals surface area contributed by atoms with Crippen LogP contribution < -0.4 is 5.73 Å². The summed E-state index contributed by atoms with van der Waals surface area (Å²) < 4.78 is 27.3. The van der Waals surface area contributed by atoms with Crippen LogP contribution in [0.3, 0.4) is 0 Å². The second-order valence-electron chi connectivity index (χ2n) is 5.51. The third-order valence-corrected chi connectivity index (χ3v) is 4.52. The smallest absolute Gasteiger partial charge is 0.256 e. The number of nitrogens with zero attached hydrogens (tertiary/aromatic N) is 1. The highest BCUT2D eigenvalue weighted by Crippen LogP contribution is 2.29. The fourth-order valence-electron chi connectivity index (χ4n) is 3.00. The molecule has 1 fully saturated rings. The van der Waals surface area contributed by atoms with Gasteiger partial charge in [0, 0.05) is 13.1 Å². The van der Waals surface area contributed by atoms with E-state index in [9.17, 15) is 13.6 Å². The molecular weight excluding hydrogens is 298 g/mol. The average molecular weight is 317 g/mol. The zero-order valence-electron chi connectivity index (χ0n) is 11.9. The highest BCUT2D eigenvalue weighted by molar-refractivity contribution is 6.30. The standard InChI is InChI=1S/C15H19ClF2N2O/c1-20(14-5-3-2-4-9(14)8-19)15(21)10-6-13(18)11(16)7-12(10)17/h6-7,9,14H,2-5,8,19H2,1H3. The first-order chi connectivity index (χ1) is 9.95. The van der Waals surface area contributed by atoms with Crippen LogP contribution in [-0.4, -0.2) is 30.4 Å². The third-order valence-electron chi connectivity index (χ3n) is 4.23. The second kappa shape index (κ2) is 6.71. The maximum atomic E-state index is 13.9. The summed E-state index contributed by atoms with van der Waals surface area (Å²) in [6.45, 7) is 0.486. The van der Waals surface area contributed by atoms with E-state index in [1.807, 2.05) is 0 Å². The number of carbonyl (C=O) groups is 1. The van der Waals surface area contributed by atoms with Crippen molar-refractivity contribution >= 4 is 17.5 Å². The van der Waals surface area contributed by atoms with Crippen molar-refractivity contribution in [2.24, 2.45) is 11.7 Å². The molecule has 116 valence electrons. The number of hydrogen-bond donors (Lipinski definition) is 1. The molecule has 0 radical (unpaired) electrons. The van der Waals surface area contributed by atoms with Crippen molar-refractivity contribution < 1.29 is 13.6 Å². The zero-order chi connectivity index (χ0) is 15.6. The Balaban J connectivity index is 2.24. The molecule has 1 aromatic rings. The third kappa shape index (κ3) is 3.35. The molecule has 21 heavy (non-hydrogen) atoms. The van der Waals surface area contributed by atoms with Crippen LogP contribution in [0.4, 0.5) is 8.78 Å².